The summed E-state index contributed by atoms with van der Waals surface area (Å²) < 4.78 is 12.1. The summed E-state index contributed by atoms with van der Waals surface area (Å²) in [6.45, 7) is 4.02. The van der Waals surface area contributed by atoms with Crippen LogP contribution in [0.2, 0.25) is 0 Å². The van der Waals surface area contributed by atoms with Gasteiger partial charge in [0.05, 0.1) is 9.67 Å². The fraction of sp³-hybridized carbons (Fsp3) is 0.176. The van der Waals surface area contributed by atoms with Gasteiger partial charge in [0.2, 0.25) is 5.82 Å². The molecule has 0 saturated carbocycles. The normalized spacial score (nSPS) is 10.9. The Labute approximate surface area is 142 Å². The Kier molecular flexibility index (Phi) is 4.42. The quantitative estimate of drug-likeness (QED) is 0.585. The molecule has 5 heteroatoms. The van der Waals surface area contributed by atoms with Crippen molar-refractivity contribution in [2.45, 2.75) is 20.0 Å². The Morgan fingerprint density at radius 3 is 2.50 bits per heavy atom. The molecule has 0 bridgehead atoms. The smallest absolute Gasteiger partial charge is 0.258 e. The van der Waals surface area contributed by atoms with E-state index in [4.69, 9.17) is 9.26 Å². The Morgan fingerprint density at radius 2 is 1.82 bits per heavy atom. The lowest BCUT2D eigenvalue weighted by molar-refractivity contribution is 0.240. The van der Waals surface area contributed by atoms with E-state index in [1.807, 2.05) is 62.4 Å². The first-order valence-corrected chi connectivity index (χ1v) is 8.07. The van der Waals surface area contributed by atoms with Gasteiger partial charge in [-0.3, -0.25) is 0 Å². The van der Waals surface area contributed by atoms with Gasteiger partial charge < -0.3 is 9.26 Å². The van der Waals surface area contributed by atoms with Crippen molar-refractivity contribution in [3.8, 4) is 28.6 Å². The van der Waals surface area contributed by atoms with E-state index < -0.39 is 0 Å². The van der Waals surface area contributed by atoms with Gasteiger partial charge in [-0.1, -0.05) is 23.4 Å². The van der Waals surface area contributed by atoms with Gasteiger partial charge in [-0.05, 0) is 66.8 Å². The number of rotatable bonds is 4. The molecule has 1 aromatic heterocycles. The summed E-state index contributed by atoms with van der Waals surface area (Å²) in [5.74, 6) is 1.96. The standard InChI is InChI=1S/C17H15IN2O2/c1-11(2)21-15-9-8-13(10-14(15)18)16-19-17(22-20-16)12-6-4-3-5-7-12/h3-11H,1-2H3. The second kappa shape index (κ2) is 6.48. The van der Waals surface area contributed by atoms with E-state index in [1.54, 1.807) is 0 Å². The number of ether oxygens (including phenoxy) is 1. The van der Waals surface area contributed by atoms with Crippen LogP contribution in [-0.4, -0.2) is 16.2 Å². The van der Waals surface area contributed by atoms with Crippen molar-refractivity contribution < 1.29 is 9.26 Å². The lowest BCUT2D eigenvalue weighted by Gasteiger charge is -2.11. The molecule has 0 aliphatic heterocycles. The van der Waals surface area contributed by atoms with Crippen LogP contribution in [0.3, 0.4) is 0 Å². The molecule has 0 spiro atoms. The highest BCUT2D eigenvalue weighted by atomic mass is 127. The topological polar surface area (TPSA) is 48.2 Å². The third-order valence-corrected chi connectivity index (χ3v) is 3.84. The third-order valence-electron chi connectivity index (χ3n) is 3.00. The molecule has 112 valence electrons. The Bertz CT molecular complexity index is 769. The van der Waals surface area contributed by atoms with Crippen molar-refractivity contribution in [1.82, 2.24) is 10.1 Å². The molecule has 0 radical (unpaired) electrons. The molecule has 0 fully saturated rings. The fourth-order valence-corrected chi connectivity index (χ4v) is 2.67. The highest BCUT2D eigenvalue weighted by Gasteiger charge is 2.12. The van der Waals surface area contributed by atoms with Crippen LogP contribution in [0.25, 0.3) is 22.8 Å². The second-order valence-electron chi connectivity index (χ2n) is 5.10. The van der Waals surface area contributed by atoms with Crippen LogP contribution in [0.1, 0.15) is 13.8 Å². The summed E-state index contributed by atoms with van der Waals surface area (Å²) in [6, 6.07) is 15.6. The summed E-state index contributed by atoms with van der Waals surface area (Å²) in [6.07, 6.45) is 0.147. The zero-order valence-corrected chi connectivity index (χ0v) is 14.4. The molecule has 0 atom stereocenters. The van der Waals surface area contributed by atoms with Crippen LogP contribution in [0.4, 0.5) is 0 Å². The van der Waals surface area contributed by atoms with Crippen LogP contribution >= 0.6 is 22.6 Å². The molecule has 2 aromatic carbocycles. The molecule has 0 aliphatic rings. The van der Waals surface area contributed by atoms with Crippen LogP contribution in [0, 0.1) is 3.57 Å². The lowest BCUT2D eigenvalue weighted by atomic mass is 10.2. The number of benzene rings is 2. The van der Waals surface area contributed by atoms with Crippen LogP contribution < -0.4 is 4.74 Å². The molecule has 1 heterocycles. The Morgan fingerprint density at radius 1 is 1.05 bits per heavy atom. The highest BCUT2D eigenvalue weighted by Crippen LogP contribution is 2.28. The monoisotopic (exact) mass is 406 g/mol. The summed E-state index contributed by atoms with van der Waals surface area (Å²) in [4.78, 5) is 4.46. The summed E-state index contributed by atoms with van der Waals surface area (Å²) >= 11 is 2.25. The maximum atomic E-state index is 5.74. The van der Waals surface area contributed by atoms with Gasteiger partial charge in [-0.25, -0.2) is 0 Å². The van der Waals surface area contributed by atoms with Gasteiger partial charge >= 0.3 is 0 Å². The molecule has 0 unspecified atom stereocenters. The molecular formula is C17H15IN2O2. The average Bonchev–Trinajstić information content (AvgIpc) is 3.00. The molecular weight excluding hydrogens is 391 g/mol. The number of hydrogen-bond acceptors (Lipinski definition) is 4. The van der Waals surface area contributed by atoms with Crippen molar-refractivity contribution in [2.24, 2.45) is 0 Å². The maximum absolute atomic E-state index is 5.74. The zero-order valence-electron chi connectivity index (χ0n) is 12.3. The van der Waals surface area contributed by atoms with Crippen LogP contribution in [0.15, 0.2) is 53.1 Å². The first-order chi connectivity index (χ1) is 10.6. The van der Waals surface area contributed by atoms with Gasteiger partial charge in [0, 0.05) is 11.1 Å². The van der Waals surface area contributed by atoms with E-state index in [0.29, 0.717) is 11.7 Å². The molecule has 0 amide bonds. The van der Waals surface area contributed by atoms with Crippen molar-refractivity contribution in [3.63, 3.8) is 0 Å². The summed E-state index contributed by atoms with van der Waals surface area (Å²) in [7, 11) is 0. The molecule has 0 saturated heterocycles. The minimum atomic E-state index is 0.147. The largest absolute Gasteiger partial charge is 0.490 e. The lowest BCUT2D eigenvalue weighted by Crippen LogP contribution is -2.06. The van der Waals surface area contributed by atoms with E-state index in [2.05, 4.69) is 32.7 Å². The number of nitrogens with zero attached hydrogens (tertiary/aromatic N) is 2. The van der Waals surface area contributed by atoms with Gasteiger partial charge in [-0.2, -0.15) is 4.98 Å². The van der Waals surface area contributed by atoms with Gasteiger partial charge in [0.25, 0.3) is 5.89 Å². The SMILES string of the molecule is CC(C)Oc1ccc(-c2noc(-c3ccccc3)n2)cc1I. The van der Waals surface area contributed by atoms with E-state index in [0.717, 1.165) is 20.4 Å². The van der Waals surface area contributed by atoms with Crippen LogP contribution in [0.5, 0.6) is 5.75 Å². The first kappa shape index (κ1) is 15.0. The molecule has 0 aliphatic carbocycles. The average molecular weight is 406 g/mol. The zero-order chi connectivity index (χ0) is 15.5. The Balaban J connectivity index is 1.89. The van der Waals surface area contributed by atoms with Crippen molar-refractivity contribution in [1.29, 1.82) is 0 Å². The number of hydrogen-bond donors (Lipinski definition) is 0. The minimum absolute atomic E-state index is 0.147. The third kappa shape index (κ3) is 3.30. The van der Waals surface area contributed by atoms with Gasteiger partial charge in [0.15, 0.2) is 0 Å². The highest BCUT2D eigenvalue weighted by molar-refractivity contribution is 14.1. The summed E-state index contributed by atoms with van der Waals surface area (Å²) in [5, 5.41) is 4.06. The summed E-state index contributed by atoms with van der Waals surface area (Å²) in [5.41, 5.74) is 1.82. The Hall–Kier alpha value is -1.89. The predicted octanol–water partition coefficient (Wildman–Crippen LogP) is 4.80. The number of halogens is 1. The van der Waals surface area contributed by atoms with Crippen molar-refractivity contribution >= 4 is 22.6 Å². The predicted molar refractivity (Wildman–Crippen MR) is 93.7 cm³/mol. The van der Waals surface area contributed by atoms with E-state index in [-0.39, 0.29) is 6.10 Å². The fourth-order valence-electron chi connectivity index (χ4n) is 2.03. The molecule has 22 heavy (non-hydrogen) atoms. The van der Waals surface area contributed by atoms with E-state index in [1.165, 1.54) is 0 Å². The second-order valence-corrected chi connectivity index (χ2v) is 6.26. The molecule has 3 aromatic rings. The van der Waals surface area contributed by atoms with Crippen LogP contribution in [-0.2, 0) is 0 Å². The van der Waals surface area contributed by atoms with Gasteiger partial charge in [-0.15, -0.1) is 0 Å². The van der Waals surface area contributed by atoms with Crippen molar-refractivity contribution in [3.05, 3.63) is 52.1 Å². The molecule has 3 rings (SSSR count). The number of aromatic nitrogens is 2. The van der Waals surface area contributed by atoms with E-state index in [9.17, 15) is 0 Å². The van der Waals surface area contributed by atoms with E-state index >= 15 is 0 Å². The van der Waals surface area contributed by atoms with Crippen molar-refractivity contribution in [2.75, 3.05) is 0 Å². The minimum Gasteiger partial charge on any atom is -0.490 e. The molecule has 0 N–H and O–H groups in total. The maximum Gasteiger partial charge on any atom is 0.258 e. The first-order valence-electron chi connectivity index (χ1n) is 6.99. The van der Waals surface area contributed by atoms with Gasteiger partial charge in [0.1, 0.15) is 5.75 Å². The molecule has 4 nitrogen and oxygen atoms in total.